The van der Waals surface area contributed by atoms with Gasteiger partial charge in [-0.25, -0.2) is 0 Å². The van der Waals surface area contributed by atoms with E-state index in [9.17, 15) is 13.2 Å². The molecule has 0 aromatic carbocycles. The summed E-state index contributed by atoms with van der Waals surface area (Å²) in [6.45, 7) is 2.20. The standard InChI is InChI=1S/C9H15F3N4OS/c1-16(2)4-6-17-5-3-13-8-15-14-7(18-8)9(10,11)12/h3-6H2,1-2H3,(H,13,15). The van der Waals surface area contributed by atoms with Gasteiger partial charge in [-0.05, 0) is 14.1 Å². The summed E-state index contributed by atoms with van der Waals surface area (Å²) in [6, 6.07) is 0. The largest absolute Gasteiger partial charge is 0.445 e. The van der Waals surface area contributed by atoms with Crippen molar-refractivity contribution in [3.8, 4) is 0 Å². The molecule has 9 heteroatoms. The summed E-state index contributed by atoms with van der Waals surface area (Å²) in [7, 11) is 3.86. The normalized spacial score (nSPS) is 12.1. The Bertz CT molecular complexity index is 356. The molecule has 0 atom stereocenters. The summed E-state index contributed by atoms with van der Waals surface area (Å²) >= 11 is 0.486. The Morgan fingerprint density at radius 2 is 2.00 bits per heavy atom. The molecule has 0 bridgehead atoms. The van der Waals surface area contributed by atoms with Gasteiger partial charge in [-0.2, -0.15) is 13.2 Å². The zero-order valence-electron chi connectivity index (χ0n) is 10.1. The van der Waals surface area contributed by atoms with Crippen molar-refractivity contribution in [3.63, 3.8) is 0 Å². The zero-order chi connectivity index (χ0) is 13.6. The monoisotopic (exact) mass is 284 g/mol. The molecule has 0 unspecified atom stereocenters. The summed E-state index contributed by atoms with van der Waals surface area (Å²) in [6.07, 6.45) is -4.43. The minimum atomic E-state index is -4.43. The van der Waals surface area contributed by atoms with Crippen LogP contribution in [0.3, 0.4) is 0 Å². The van der Waals surface area contributed by atoms with Crippen molar-refractivity contribution in [2.45, 2.75) is 6.18 Å². The second-order valence-electron chi connectivity index (χ2n) is 3.75. The van der Waals surface area contributed by atoms with Crippen molar-refractivity contribution < 1.29 is 17.9 Å². The minimum absolute atomic E-state index is 0.151. The van der Waals surface area contributed by atoms with Crippen molar-refractivity contribution in [1.29, 1.82) is 0 Å². The lowest BCUT2D eigenvalue weighted by atomic mass is 10.6. The fourth-order valence-electron chi connectivity index (χ4n) is 0.989. The highest BCUT2D eigenvalue weighted by molar-refractivity contribution is 7.15. The molecule has 0 radical (unpaired) electrons. The number of rotatable bonds is 7. The van der Waals surface area contributed by atoms with Gasteiger partial charge in [-0.15, -0.1) is 10.2 Å². The van der Waals surface area contributed by atoms with Crippen LogP contribution in [-0.2, 0) is 10.9 Å². The fraction of sp³-hybridized carbons (Fsp3) is 0.778. The number of halogens is 3. The summed E-state index contributed by atoms with van der Waals surface area (Å²) in [5.41, 5.74) is 0. The van der Waals surface area contributed by atoms with Gasteiger partial charge in [0.05, 0.1) is 13.2 Å². The highest BCUT2D eigenvalue weighted by Crippen LogP contribution is 2.32. The van der Waals surface area contributed by atoms with Gasteiger partial charge in [-0.1, -0.05) is 11.3 Å². The number of aromatic nitrogens is 2. The summed E-state index contributed by atoms with van der Waals surface area (Å²) in [5, 5.41) is 8.40. The van der Waals surface area contributed by atoms with E-state index in [0.717, 1.165) is 6.54 Å². The molecule has 0 aliphatic heterocycles. The minimum Gasteiger partial charge on any atom is -0.378 e. The average Bonchev–Trinajstić information content (AvgIpc) is 2.71. The van der Waals surface area contributed by atoms with Crippen LogP contribution in [-0.4, -0.2) is 55.5 Å². The van der Waals surface area contributed by atoms with Crippen LogP contribution in [0, 0.1) is 0 Å². The molecule has 0 spiro atoms. The van der Waals surface area contributed by atoms with Gasteiger partial charge >= 0.3 is 6.18 Å². The Morgan fingerprint density at radius 1 is 1.28 bits per heavy atom. The van der Waals surface area contributed by atoms with Gasteiger partial charge in [0.2, 0.25) is 10.1 Å². The Balaban J connectivity index is 2.18. The van der Waals surface area contributed by atoms with Crippen LogP contribution >= 0.6 is 11.3 Å². The van der Waals surface area contributed by atoms with E-state index < -0.39 is 11.2 Å². The Labute approximate surface area is 107 Å². The van der Waals surface area contributed by atoms with Crippen molar-refractivity contribution in [2.24, 2.45) is 0 Å². The van der Waals surface area contributed by atoms with Gasteiger partial charge in [0, 0.05) is 13.1 Å². The quantitative estimate of drug-likeness (QED) is 0.770. The molecule has 1 heterocycles. The van der Waals surface area contributed by atoms with Crippen LogP contribution in [0.4, 0.5) is 18.3 Å². The molecular weight excluding hydrogens is 269 g/mol. The van der Waals surface area contributed by atoms with E-state index in [-0.39, 0.29) is 5.13 Å². The molecule has 1 aromatic heterocycles. The van der Waals surface area contributed by atoms with Crippen LogP contribution in [0.15, 0.2) is 0 Å². The molecule has 0 saturated carbocycles. The van der Waals surface area contributed by atoms with Crippen LogP contribution in [0.25, 0.3) is 0 Å². The molecule has 0 fully saturated rings. The van der Waals surface area contributed by atoms with Crippen molar-refractivity contribution in [2.75, 3.05) is 45.7 Å². The molecular formula is C9H15F3N4OS. The maximum absolute atomic E-state index is 12.2. The van der Waals surface area contributed by atoms with E-state index in [1.165, 1.54) is 0 Å². The topological polar surface area (TPSA) is 50.3 Å². The van der Waals surface area contributed by atoms with E-state index in [1.807, 2.05) is 19.0 Å². The SMILES string of the molecule is CN(C)CCOCCNc1nnc(C(F)(F)F)s1. The second-order valence-corrected chi connectivity index (χ2v) is 4.73. The van der Waals surface area contributed by atoms with E-state index >= 15 is 0 Å². The van der Waals surface area contributed by atoms with Crippen LogP contribution in [0.1, 0.15) is 5.01 Å². The van der Waals surface area contributed by atoms with Gasteiger partial charge < -0.3 is 15.0 Å². The third kappa shape index (κ3) is 5.61. The lowest BCUT2D eigenvalue weighted by molar-refractivity contribution is -0.138. The number of ether oxygens (including phenoxy) is 1. The van der Waals surface area contributed by atoms with Crippen molar-refractivity contribution in [1.82, 2.24) is 15.1 Å². The highest BCUT2D eigenvalue weighted by Gasteiger charge is 2.35. The fourth-order valence-corrected chi connectivity index (χ4v) is 1.62. The average molecular weight is 284 g/mol. The van der Waals surface area contributed by atoms with Crippen LogP contribution in [0.2, 0.25) is 0 Å². The summed E-state index contributed by atoms with van der Waals surface area (Å²) in [5.74, 6) is 0. The van der Waals surface area contributed by atoms with E-state index in [2.05, 4.69) is 15.5 Å². The first-order valence-corrected chi connectivity index (χ1v) is 6.08. The molecule has 0 aliphatic carbocycles. The molecule has 5 nitrogen and oxygen atoms in total. The number of alkyl halides is 3. The number of anilines is 1. The molecule has 0 amide bonds. The number of nitrogens with zero attached hydrogens (tertiary/aromatic N) is 3. The maximum atomic E-state index is 12.2. The molecule has 1 aromatic rings. The molecule has 18 heavy (non-hydrogen) atoms. The summed E-state index contributed by atoms with van der Waals surface area (Å²) < 4.78 is 41.9. The molecule has 0 aliphatic rings. The highest BCUT2D eigenvalue weighted by atomic mass is 32.1. The van der Waals surface area contributed by atoms with Crippen molar-refractivity contribution >= 4 is 16.5 Å². The van der Waals surface area contributed by atoms with Crippen LogP contribution in [0.5, 0.6) is 0 Å². The van der Waals surface area contributed by atoms with Gasteiger partial charge in [0.1, 0.15) is 0 Å². The maximum Gasteiger partial charge on any atom is 0.445 e. The van der Waals surface area contributed by atoms with E-state index in [1.54, 1.807) is 0 Å². The molecule has 1 rings (SSSR count). The van der Waals surface area contributed by atoms with Gasteiger partial charge in [0.15, 0.2) is 0 Å². The third-order valence-electron chi connectivity index (χ3n) is 1.87. The zero-order valence-corrected chi connectivity index (χ0v) is 10.9. The third-order valence-corrected chi connectivity index (χ3v) is 2.80. The Kier molecular flexibility index (Phi) is 5.76. The first-order valence-electron chi connectivity index (χ1n) is 5.26. The predicted molar refractivity (Wildman–Crippen MR) is 62.8 cm³/mol. The second kappa shape index (κ2) is 6.86. The number of likely N-dealkylation sites (N-methyl/N-ethyl adjacent to an activating group) is 1. The molecule has 104 valence electrons. The Hall–Kier alpha value is -0.930. The van der Waals surface area contributed by atoms with Crippen molar-refractivity contribution in [3.05, 3.63) is 5.01 Å². The first kappa shape index (κ1) is 15.1. The lowest BCUT2D eigenvalue weighted by Crippen LogP contribution is -2.19. The number of nitrogens with one attached hydrogen (secondary N) is 1. The predicted octanol–water partition coefficient (Wildman–Crippen LogP) is 1.55. The Morgan fingerprint density at radius 3 is 2.56 bits per heavy atom. The summed E-state index contributed by atoms with van der Waals surface area (Å²) in [4.78, 5) is 1.98. The number of hydrogen-bond acceptors (Lipinski definition) is 6. The van der Waals surface area contributed by atoms with E-state index in [4.69, 9.17) is 4.74 Å². The van der Waals surface area contributed by atoms with E-state index in [0.29, 0.717) is 31.1 Å². The smallest absolute Gasteiger partial charge is 0.378 e. The first-order chi connectivity index (χ1) is 8.39. The number of hydrogen-bond donors (Lipinski definition) is 1. The van der Waals surface area contributed by atoms with Gasteiger partial charge in [-0.3, -0.25) is 0 Å². The van der Waals surface area contributed by atoms with Crippen LogP contribution < -0.4 is 5.32 Å². The van der Waals surface area contributed by atoms with Gasteiger partial charge in [0.25, 0.3) is 0 Å². The molecule has 0 saturated heterocycles. The lowest BCUT2D eigenvalue weighted by Gasteiger charge is -2.09. The molecule has 1 N–H and O–H groups in total.